The third-order valence-corrected chi connectivity index (χ3v) is 4.33. The van der Waals surface area contributed by atoms with Gasteiger partial charge in [0.25, 0.3) is 0 Å². The van der Waals surface area contributed by atoms with Crippen molar-refractivity contribution in [3.63, 3.8) is 0 Å². The average Bonchev–Trinajstić information content (AvgIpc) is 2.53. The van der Waals surface area contributed by atoms with E-state index in [4.69, 9.17) is 0 Å². The third-order valence-electron chi connectivity index (χ3n) is 4.33. The third kappa shape index (κ3) is 6.32. The van der Waals surface area contributed by atoms with Crippen LogP contribution >= 0.6 is 12.4 Å². The zero-order chi connectivity index (χ0) is 16.9. The van der Waals surface area contributed by atoms with E-state index in [0.29, 0.717) is 17.9 Å². The van der Waals surface area contributed by atoms with E-state index in [2.05, 4.69) is 10.6 Å². The molecule has 0 radical (unpaired) electrons. The Bertz CT molecular complexity index is 531. The molecular formula is C17H24ClF3N2O. The molecule has 1 saturated heterocycles. The van der Waals surface area contributed by atoms with E-state index < -0.39 is 17.8 Å². The molecule has 1 aliphatic rings. The minimum absolute atomic E-state index is 0. The van der Waals surface area contributed by atoms with Crippen LogP contribution in [-0.4, -0.2) is 19.0 Å². The normalized spacial score (nSPS) is 17.0. The minimum Gasteiger partial charge on any atom is -0.350 e. The van der Waals surface area contributed by atoms with Crippen molar-refractivity contribution in [3.8, 4) is 0 Å². The maximum absolute atomic E-state index is 12.7. The van der Waals surface area contributed by atoms with Crippen molar-refractivity contribution in [2.45, 2.75) is 44.8 Å². The first-order valence-electron chi connectivity index (χ1n) is 8.03. The molecule has 1 aromatic rings. The van der Waals surface area contributed by atoms with Gasteiger partial charge in [-0.3, -0.25) is 4.79 Å². The number of halogens is 4. The van der Waals surface area contributed by atoms with E-state index in [0.717, 1.165) is 44.5 Å². The number of amides is 1. The van der Waals surface area contributed by atoms with Gasteiger partial charge in [-0.15, -0.1) is 12.4 Å². The van der Waals surface area contributed by atoms with Gasteiger partial charge in [-0.2, -0.15) is 13.2 Å². The molecule has 0 saturated carbocycles. The Hall–Kier alpha value is -1.27. The highest BCUT2D eigenvalue weighted by atomic mass is 35.5. The van der Waals surface area contributed by atoms with Crippen LogP contribution in [0.2, 0.25) is 0 Å². The molecule has 2 N–H and O–H groups in total. The Morgan fingerprint density at radius 2 is 2.00 bits per heavy atom. The zero-order valence-electron chi connectivity index (χ0n) is 13.7. The molecule has 1 aromatic carbocycles. The lowest BCUT2D eigenvalue weighted by molar-refractivity contribution is -0.137. The first kappa shape index (κ1) is 20.8. The molecule has 0 aliphatic carbocycles. The van der Waals surface area contributed by atoms with Gasteiger partial charge >= 0.3 is 6.18 Å². The van der Waals surface area contributed by atoms with Gasteiger partial charge in [0.05, 0.1) is 11.6 Å². The maximum atomic E-state index is 12.7. The Morgan fingerprint density at radius 1 is 1.33 bits per heavy atom. The summed E-state index contributed by atoms with van der Waals surface area (Å²) in [6, 6.07) is 4.67. The van der Waals surface area contributed by atoms with Crippen LogP contribution in [0.1, 0.15) is 49.8 Å². The van der Waals surface area contributed by atoms with E-state index in [1.54, 1.807) is 13.0 Å². The second-order valence-corrected chi connectivity index (χ2v) is 6.14. The van der Waals surface area contributed by atoms with Crippen molar-refractivity contribution < 1.29 is 18.0 Å². The fourth-order valence-electron chi connectivity index (χ4n) is 2.89. The number of rotatable bonds is 5. The maximum Gasteiger partial charge on any atom is 0.416 e. The number of benzene rings is 1. The number of nitrogens with one attached hydrogen (secondary N) is 2. The summed E-state index contributed by atoms with van der Waals surface area (Å²) in [5, 5.41) is 6.07. The fraction of sp³-hybridized carbons (Fsp3) is 0.588. The number of hydrogen-bond acceptors (Lipinski definition) is 2. The Balaban J connectivity index is 0.00000288. The first-order valence-corrected chi connectivity index (χ1v) is 8.03. The average molecular weight is 365 g/mol. The van der Waals surface area contributed by atoms with Crippen LogP contribution in [0.4, 0.5) is 13.2 Å². The van der Waals surface area contributed by atoms with Crippen LogP contribution < -0.4 is 10.6 Å². The molecule has 1 unspecified atom stereocenters. The summed E-state index contributed by atoms with van der Waals surface area (Å²) in [5.74, 6) is 0.458. The highest BCUT2D eigenvalue weighted by molar-refractivity contribution is 5.85. The minimum atomic E-state index is -4.37. The molecule has 7 heteroatoms. The highest BCUT2D eigenvalue weighted by Crippen LogP contribution is 2.30. The number of carbonyl (C=O) groups excluding carboxylic acids is 1. The van der Waals surface area contributed by atoms with Gasteiger partial charge in [-0.25, -0.2) is 0 Å². The molecule has 0 bridgehead atoms. The summed E-state index contributed by atoms with van der Waals surface area (Å²) in [7, 11) is 0. The van der Waals surface area contributed by atoms with E-state index in [-0.39, 0.29) is 18.3 Å². The fourth-order valence-corrected chi connectivity index (χ4v) is 2.89. The van der Waals surface area contributed by atoms with Gasteiger partial charge < -0.3 is 10.6 Å². The predicted octanol–water partition coefficient (Wildman–Crippen LogP) is 4.08. The topological polar surface area (TPSA) is 41.1 Å². The lowest BCUT2D eigenvalue weighted by atomic mass is 9.93. The van der Waals surface area contributed by atoms with Crippen molar-refractivity contribution >= 4 is 18.3 Å². The summed E-state index contributed by atoms with van der Waals surface area (Å²) in [6.07, 6.45) is -0.946. The molecule has 1 aliphatic heterocycles. The largest absolute Gasteiger partial charge is 0.416 e. The molecule has 0 spiro atoms. The monoisotopic (exact) mass is 364 g/mol. The number of hydrogen-bond donors (Lipinski definition) is 2. The molecule has 136 valence electrons. The van der Waals surface area contributed by atoms with Gasteiger partial charge in [0.1, 0.15) is 0 Å². The number of carbonyl (C=O) groups is 1. The van der Waals surface area contributed by atoms with Crippen molar-refractivity contribution in [3.05, 3.63) is 35.4 Å². The molecule has 1 atom stereocenters. The van der Waals surface area contributed by atoms with E-state index in [1.165, 1.54) is 6.07 Å². The smallest absolute Gasteiger partial charge is 0.350 e. The Labute approximate surface area is 146 Å². The summed E-state index contributed by atoms with van der Waals surface area (Å²) in [6.45, 7) is 3.69. The van der Waals surface area contributed by atoms with Gasteiger partial charge in [0.15, 0.2) is 0 Å². The number of piperidine rings is 1. The standard InChI is InChI=1S/C17H23F3N2O.ClH/c1-12(14-3-2-4-15(11-14)17(18,19)20)22-16(23)6-5-13-7-9-21-10-8-13;/h2-4,11-13,21H,5-10H2,1H3,(H,22,23);1H. The lowest BCUT2D eigenvalue weighted by Crippen LogP contribution is -2.30. The summed E-state index contributed by atoms with van der Waals surface area (Å²) in [4.78, 5) is 12.0. The van der Waals surface area contributed by atoms with Gasteiger partial charge in [0.2, 0.25) is 5.91 Å². The van der Waals surface area contributed by atoms with Gasteiger partial charge in [-0.1, -0.05) is 12.1 Å². The van der Waals surface area contributed by atoms with Crippen molar-refractivity contribution in [1.82, 2.24) is 10.6 Å². The molecule has 3 nitrogen and oxygen atoms in total. The van der Waals surface area contributed by atoms with Crippen LogP contribution in [0, 0.1) is 5.92 Å². The second kappa shape index (κ2) is 9.28. The molecular weight excluding hydrogens is 341 g/mol. The molecule has 1 amide bonds. The summed E-state index contributed by atoms with van der Waals surface area (Å²) >= 11 is 0. The van der Waals surface area contributed by atoms with Crippen molar-refractivity contribution in [2.75, 3.05) is 13.1 Å². The van der Waals surface area contributed by atoms with E-state index in [9.17, 15) is 18.0 Å². The predicted molar refractivity (Wildman–Crippen MR) is 90.1 cm³/mol. The van der Waals surface area contributed by atoms with Crippen molar-refractivity contribution in [1.29, 1.82) is 0 Å². The quantitative estimate of drug-likeness (QED) is 0.826. The SMILES string of the molecule is CC(NC(=O)CCC1CCNCC1)c1cccc(C(F)(F)F)c1.Cl. The molecule has 0 aromatic heterocycles. The molecule has 1 fully saturated rings. The van der Waals surface area contributed by atoms with Crippen molar-refractivity contribution in [2.24, 2.45) is 5.92 Å². The second-order valence-electron chi connectivity index (χ2n) is 6.14. The van der Waals surface area contributed by atoms with Crippen LogP contribution in [0.15, 0.2) is 24.3 Å². The first-order chi connectivity index (χ1) is 10.9. The Morgan fingerprint density at radius 3 is 2.62 bits per heavy atom. The molecule has 1 heterocycles. The van der Waals surface area contributed by atoms with Crippen LogP contribution in [0.25, 0.3) is 0 Å². The lowest BCUT2D eigenvalue weighted by Gasteiger charge is -2.22. The highest BCUT2D eigenvalue weighted by Gasteiger charge is 2.30. The number of alkyl halides is 3. The van der Waals surface area contributed by atoms with Gasteiger partial charge in [-0.05, 0) is 62.9 Å². The van der Waals surface area contributed by atoms with E-state index >= 15 is 0 Å². The summed E-state index contributed by atoms with van der Waals surface area (Å²) in [5.41, 5.74) is -0.221. The van der Waals surface area contributed by atoms with Gasteiger partial charge in [0, 0.05) is 6.42 Å². The summed E-state index contributed by atoms with van der Waals surface area (Å²) < 4.78 is 38.2. The van der Waals surface area contributed by atoms with Crippen LogP contribution in [0.3, 0.4) is 0 Å². The van der Waals surface area contributed by atoms with Crippen LogP contribution in [0.5, 0.6) is 0 Å². The van der Waals surface area contributed by atoms with Crippen LogP contribution in [-0.2, 0) is 11.0 Å². The zero-order valence-corrected chi connectivity index (χ0v) is 14.5. The molecule has 2 rings (SSSR count). The van der Waals surface area contributed by atoms with E-state index in [1.807, 2.05) is 0 Å². The molecule has 24 heavy (non-hydrogen) atoms. The Kier molecular flexibility index (Phi) is 8.03.